The Morgan fingerprint density at radius 1 is 0.652 bits per heavy atom. The normalized spacial score (nSPS) is 9.74. The van der Waals surface area contributed by atoms with Crippen LogP contribution in [0.5, 0.6) is 0 Å². The maximum Gasteiger partial charge on any atom is 2.00 e. The van der Waals surface area contributed by atoms with Gasteiger partial charge in [-0.05, 0) is 0 Å². The van der Waals surface area contributed by atoms with Gasteiger partial charge in [0.2, 0.25) is 0 Å². The molecular weight excluding hydrogens is 332 g/mol. The second kappa shape index (κ2) is 8.82. The van der Waals surface area contributed by atoms with Crippen LogP contribution < -0.4 is 0 Å². The van der Waals surface area contributed by atoms with E-state index in [4.69, 9.17) is 0 Å². The smallest absolute Gasteiger partial charge is 0.260 e. The van der Waals surface area contributed by atoms with Gasteiger partial charge in [-0.2, -0.15) is 34.5 Å². The van der Waals surface area contributed by atoms with Gasteiger partial charge in [-0.25, -0.2) is 34.2 Å². The number of rotatable bonds is 4. The molecule has 6 nitrogen and oxygen atoms in total. The van der Waals surface area contributed by atoms with Crippen molar-refractivity contribution >= 4 is 0 Å². The van der Waals surface area contributed by atoms with E-state index in [9.17, 15) is 0 Å². The summed E-state index contributed by atoms with van der Waals surface area (Å²) in [4.78, 5) is 7.71. The fourth-order valence-electron chi connectivity index (χ4n) is 2.04. The fourth-order valence-corrected chi connectivity index (χ4v) is 2.04. The summed E-state index contributed by atoms with van der Waals surface area (Å²) >= 11 is 0. The molecule has 0 saturated carbocycles. The van der Waals surface area contributed by atoms with E-state index >= 15 is 0 Å². The molecule has 118 valence electrons. The van der Waals surface area contributed by atoms with E-state index in [-0.39, 0.29) is 17.1 Å². The number of hydrogen-bond acceptors (Lipinski definition) is 4. The molecule has 0 unspecified atom stereocenters. The second-order valence-corrected chi connectivity index (χ2v) is 4.77. The molecule has 23 heavy (non-hydrogen) atoms. The van der Waals surface area contributed by atoms with E-state index in [0.29, 0.717) is 0 Å². The summed E-state index contributed by atoms with van der Waals surface area (Å²) in [6.45, 7) is 1.62. The molecular formula is C16H16FeN6. The van der Waals surface area contributed by atoms with Gasteiger partial charge in [0.25, 0.3) is 0 Å². The van der Waals surface area contributed by atoms with Crippen molar-refractivity contribution in [3.05, 3.63) is 85.0 Å². The summed E-state index contributed by atoms with van der Waals surface area (Å²) < 4.78 is 3.60. The Morgan fingerprint density at radius 2 is 1.04 bits per heavy atom. The van der Waals surface area contributed by atoms with E-state index in [1.54, 1.807) is 34.7 Å². The first-order valence-electron chi connectivity index (χ1n) is 6.96. The van der Waals surface area contributed by atoms with Gasteiger partial charge in [0.05, 0.1) is 0 Å². The Labute approximate surface area is 145 Å². The molecule has 0 amide bonds. The molecule has 2 aromatic heterocycles. The molecule has 0 aliphatic carbocycles. The largest absolute Gasteiger partial charge is 2.00 e. The van der Waals surface area contributed by atoms with Gasteiger partial charge in [-0.3, -0.25) is 9.36 Å². The van der Waals surface area contributed by atoms with E-state index < -0.39 is 0 Å². The van der Waals surface area contributed by atoms with Crippen molar-refractivity contribution in [3.8, 4) is 0 Å². The molecule has 0 aliphatic rings. The van der Waals surface area contributed by atoms with Crippen LogP contribution in [0.25, 0.3) is 0 Å². The Bertz CT molecular complexity index is 596. The molecule has 4 aromatic rings. The minimum Gasteiger partial charge on any atom is -0.260 e. The van der Waals surface area contributed by atoms with Gasteiger partial charge >= 0.3 is 17.1 Å². The quantitative estimate of drug-likeness (QED) is 0.419. The van der Waals surface area contributed by atoms with Crippen molar-refractivity contribution in [1.82, 2.24) is 29.5 Å². The third-order valence-electron chi connectivity index (χ3n) is 3.09. The van der Waals surface area contributed by atoms with E-state index in [1.165, 1.54) is 11.1 Å². The summed E-state index contributed by atoms with van der Waals surface area (Å²) in [7, 11) is 0. The maximum atomic E-state index is 4.00. The van der Waals surface area contributed by atoms with Crippen LogP contribution in [0.15, 0.2) is 73.8 Å². The summed E-state index contributed by atoms with van der Waals surface area (Å²) in [5.74, 6) is 0. The first-order chi connectivity index (χ1) is 10.9. The summed E-state index contributed by atoms with van der Waals surface area (Å²) in [5.41, 5.74) is 2.52. The number of hydrogen-bond donors (Lipinski definition) is 0. The first kappa shape index (κ1) is 16.9. The Balaban J connectivity index is 0.000000160. The SMILES string of the molecule is [Fe+2].c1cc[c-](Cn2cncn2)c1.c1cc[c-](Cn2cncn2)c1. The van der Waals surface area contributed by atoms with Gasteiger partial charge in [0, 0.05) is 13.1 Å². The summed E-state index contributed by atoms with van der Waals surface area (Å²) in [6, 6.07) is 16.4. The molecule has 0 atom stereocenters. The van der Waals surface area contributed by atoms with Crippen LogP contribution in [0.4, 0.5) is 0 Å². The molecule has 2 heterocycles. The molecule has 0 aliphatic heterocycles. The molecule has 0 fully saturated rings. The molecule has 0 radical (unpaired) electrons. The molecule has 2 aromatic carbocycles. The van der Waals surface area contributed by atoms with Gasteiger partial charge in [-0.1, -0.05) is 0 Å². The van der Waals surface area contributed by atoms with Gasteiger partial charge < -0.3 is 0 Å². The Kier molecular flexibility index (Phi) is 6.47. The molecule has 0 bridgehead atoms. The Morgan fingerprint density at radius 3 is 1.35 bits per heavy atom. The topological polar surface area (TPSA) is 61.4 Å². The van der Waals surface area contributed by atoms with Crippen LogP contribution in [-0.2, 0) is 30.2 Å². The summed E-state index contributed by atoms with van der Waals surface area (Å²) in [5, 5.41) is 7.99. The summed E-state index contributed by atoms with van der Waals surface area (Å²) in [6.07, 6.45) is 6.52. The zero-order valence-electron chi connectivity index (χ0n) is 12.4. The van der Waals surface area contributed by atoms with Gasteiger partial charge in [0.15, 0.2) is 0 Å². The molecule has 0 spiro atoms. The van der Waals surface area contributed by atoms with Crippen LogP contribution >= 0.6 is 0 Å². The zero-order chi connectivity index (χ0) is 15.0. The van der Waals surface area contributed by atoms with Gasteiger partial charge in [0.1, 0.15) is 25.3 Å². The molecule has 0 saturated heterocycles. The fraction of sp³-hybridized carbons (Fsp3) is 0.125. The number of nitrogens with zero attached hydrogens (tertiary/aromatic N) is 6. The van der Waals surface area contributed by atoms with Crippen molar-refractivity contribution in [3.63, 3.8) is 0 Å². The van der Waals surface area contributed by atoms with Crippen LogP contribution in [-0.4, -0.2) is 29.5 Å². The second-order valence-electron chi connectivity index (χ2n) is 4.77. The third kappa shape index (κ3) is 5.32. The minimum atomic E-state index is 0. The van der Waals surface area contributed by atoms with Crippen molar-refractivity contribution < 1.29 is 17.1 Å². The Hall–Kier alpha value is -2.50. The van der Waals surface area contributed by atoms with Crippen LogP contribution in [0.1, 0.15) is 11.1 Å². The van der Waals surface area contributed by atoms with E-state index in [1.807, 2.05) is 24.3 Å². The average Bonchev–Trinajstić information content (AvgIpc) is 3.31. The monoisotopic (exact) mass is 348 g/mol. The standard InChI is InChI=1S/2C8H8N3.Fe/c2*1-2-4-8(3-1)5-11-7-9-6-10-11;/h2*1-4,6-7H,5H2;/q2*-1;+2. The maximum absolute atomic E-state index is 4.00. The van der Waals surface area contributed by atoms with Crippen LogP contribution in [0.2, 0.25) is 0 Å². The average molecular weight is 348 g/mol. The predicted octanol–water partition coefficient (Wildman–Crippen LogP) is 2.09. The predicted molar refractivity (Wildman–Crippen MR) is 82.3 cm³/mol. The van der Waals surface area contributed by atoms with E-state index in [2.05, 4.69) is 44.4 Å². The van der Waals surface area contributed by atoms with Crippen LogP contribution in [0.3, 0.4) is 0 Å². The van der Waals surface area contributed by atoms with Crippen molar-refractivity contribution in [2.24, 2.45) is 0 Å². The van der Waals surface area contributed by atoms with Crippen molar-refractivity contribution in [2.75, 3.05) is 0 Å². The van der Waals surface area contributed by atoms with Crippen LogP contribution in [0, 0.1) is 0 Å². The van der Waals surface area contributed by atoms with Crippen molar-refractivity contribution in [1.29, 1.82) is 0 Å². The third-order valence-corrected chi connectivity index (χ3v) is 3.09. The molecule has 4 rings (SSSR count). The zero-order valence-corrected chi connectivity index (χ0v) is 13.5. The molecule has 0 N–H and O–H groups in total. The first-order valence-corrected chi connectivity index (χ1v) is 6.96. The van der Waals surface area contributed by atoms with Crippen molar-refractivity contribution in [2.45, 2.75) is 13.1 Å². The van der Waals surface area contributed by atoms with Gasteiger partial charge in [-0.15, -0.1) is 11.1 Å². The molecule has 7 heteroatoms. The minimum absolute atomic E-state index is 0. The van der Waals surface area contributed by atoms with E-state index in [0.717, 1.165) is 13.1 Å². The number of aromatic nitrogens is 6.